The second-order valence-electron chi connectivity index (χ2n) is 5.67. The number of nitrogens with two attached hydrogens (primary N) is 1. The monoisotopic (exact) mass is 270 g/mol. The highest BCUT2D eigenvalue weighted by atomic mass is 16.2. The molecular weight excluding hydrogens is 248 g/mol. The summed E-state index contributed by atoms with van der Waals surface area (Å²) in [5.41, 5.74) is 6.95. The minimum absolute atomic E-state index is 0.123. The van der Waals surface area contributed by atoms with Crippen LogP contribution < -0.4 is 5.73 Å². The molecule has 0 bridgehead atoms. The van der Waals surface area contributed by atoms with Gasteiger partial charge in [0.1, 0.15) is 0 Å². The molecule has 0 heterocycles. The highest BCUT2D eigenvalue weighted by Gasteiger charge is 2.33. The molecule has 0 aromatic heterocycles. The molecule has 106 valence electrons. The first-order chi connectivity index (χ1) is 9.61. The number of hydrogen-bond acceptors (Lipinski definition) is 2. The lowest BCUT2D eigenvalue weighted by molar-refractivity contribution is 0.0722. The minimum atomic E-state index is 0.123. The lowest BCUT2D eigenvalue weighted by Gasteiger charge is -2.24. The molecule has 0 radical (unpaired) electrons. The molecule has 1 aliphatic rings. The summed E-state index contributed by atoms with van der Waals surface area (Å²) in [4.78, 5) is 14.7. The summed E-state index contributed by atoms with van der Waals surface area (Å²) < 4.78 is 0. The van der Waals surface area contributed by atoms with Crippen molar-refractivity contribution in [2.75, 3.05) is 13.1 Å². The van der Waals surface area contributed by atoms with Gasteiger partial charge in [-0.25, -0.2) is 0 Å². The van der Waals surface area contributed by atoms with E-state index in [0.29, 0.717) is 18.5 Å². The molecule has 1 saturated carbocycles. The van der Waals surface area contributed by atoms with Crippen molar-refractivity contribution in [3.8, 4) is 11.8 Å². The van der Waals surface area contributed by atoms with E-state index in [9.17, 15) is 4.79 Å². The maximum absolute atomic E-state index is 12.6. The Labute approximate surface area is 121 Å². The van der Waals surface area contributed by atoms with Crippen molar-refractivity contribution < 1.29 is 4.79 Å². The molecule has 20 heavy (non-hydrogen) atoms. The van der Waals surface area contributed by atoms with Crippen LogP contribution in [-0.2, 0) is 0 Å². The first-order valence-corrected chi connectivity index (χ1v) is 7.21. The van der Waals surface area contributed by atoms with Gasteiger partial charge in [-0.2, -0.15) is 0 Å². The van der Waals surface area contributed by atoms with Crippen molar-refractivity contribution >= 4 is 5.91 Å². The van der Waals surface area contributed by atoms with Crippen LogP contribution >= 0.6 is 0 Å². The molecule has 1 aromatic carbocycles. The van der Waals surface area contributed by atoms with Crippen LogP contribution in [0.5, 0.6) is 0 Å². The maximum Gasteiger partial charge on any atom is 0.254 e. The van der Waals surface area contributed by atoms with E-state index in [-0.39, 0.29) is 5.91 Å². The summed E-state index contributed by atoms with van der Waals surface area (Å²) in [6, 6.07) is 7.95. The summed E-state index contributed by atoms with van der Waals surface area (Å²) in [6.07, 6.45) is 2.26. The molecular formula is C17H22N2O. The Morgan fingerprint density at radius 3 is 2.80 bits per heavy atom. The molecule has 0 aliphatic heterocycles. The Balaban J connectivity index is 2.18. The predicted molar refractivity (Wildman–Crippen MR) is 81.3 cm³/mol. The number of carbonyl (C=O) groups is 1. The van der Waals surface area contributed by atoms with Crippen molar-refractivity contribution in [1.82, 2.24) is 4.90 Å². The predicted octanol–water partition coefficient (Wildman–Crippen LogP) is 2.26. The highest BCUT2D eigenvalue weighted by Crippen LogP contribution is 2.29. The fraction of sp³-hybridized carbons (Fsp3) is 0.471. The lowest BCUT2D eigenvalue weighted by atomic mass is 10.1. The van der Waals surface area contributed by atoms with Crippen LogP contribution in [-0.4, -0.2) is 29.9 Å². The van der Waals surface area contributed by atoms with Gasteiger partial charge in [0.15, 0.2) is 0 Å². The first kappa shape index (κ1) is 14.6. The Morgan fingerprint density at radius 2 is 2.20 bits per heavy atom. The molecule has 0 unspecified atom stereocenters. The Kier molecular flexibility index (Phi) is 4.81. The third-order valence-corrected chi connectivity index (χ3v) is 3.25. The summed E-state index contributed by atoms with van der Waals surface area (Å²) >= 11 is 0. The number of hydrogen-bond donors (Lipinski definition) is 1. The van der Waals surface area contributed by atoms with Gasteiger partial charge in [-0.3, -0.25) is 4.79 Å². The fourth-order valence-corrected chi connectivity index (χ4v) is 2.23. The smallest absolute Gasteiger partial charge is 0.254 e. The molecule has 0 saturated heterocycles. The Hall–Kier alpha value is -1.79. The van der Waals surface area contributed by atoms with Gasteiger partial charge in [0, 0.05) is 23.7 Å². The van der Waals surface area contributed by atoms with E-state index >= 15 is 0 Å². The van der Waals surface area contributed by atoms with E-state index in [1.54, 1.807) is 0 Å². The number of carbonyl (C=O) groups excluding carboxylic acids is 1. The number of benzene rings is 1. The third kappa shape index (κ3) is 3.85. The zero-order chi connectivity index (χ0) is 14.5. The summed E-state index contributed by atoms with van der Waals surface area (Å²) in [7, 11) is 0. The molecule has 0 spiro atoms. The van der Waals surface area contributed by atoms with Crippen LogP contribution in [0.15, 0.2) is 24.3 Å². The van der Waals surface area contributed by atoms with Gasteiger partial charge in [0.05, 0.1) is 6.54 Å². The second kappa shape index (κ2) is 6.58. The van der Waals surface area contributed by atoms with E-state index < -0.39 is 0 Å². The van der Waals surface area contributed by atoms with E-state index in [2.05, 4.69) is 25.7 Å². The Bertz CT molecular complexity index is 535. The van der Waals surface area contributed by atoms with Crippen LogP contribution in [0.4, 0.5) is 0 Å². The number of nitrogens with zero attached hydrogens (tertiary/aromatic N) is 1. The molecule has 2 N–H and O–H groups in total. The van der Waals surface area contributed by atoms with Gasteiger partial charge in [-0.1, -0.05) is 31.8 Å². The standard InChI is InChI=1S/C17H22N2O/c1-13(2)12-19(16-8-9-16)17(20)15-7-3-5-14(11-15)6-4-10-18/h3,5,7,11,13,16H,8-10,12,18H2,1-2H3. The van der Waals surface area contributed by atoms with E-state index in [0.717, 1.165) is 30.5 Å². The van der Waals surface area contributed by atoms with Gasteiger partial charge >= 0.3 is 0 Å². The van der Waals surface area contributed by atoms with E-state index in [1.165, 1.54) is 0 Å². The average Bonchev–Trinajstić information content (AvgIpc) is 3.26. The van der Waals surface area contributed by atoms with Crippen molar-refractivity contribution in [3.63, 3.8) is 0 Å². The topological polar surface area (TPSA) is 46.3 Å². The normalized spacial score (nSPS) is 13.8. The van der Waals surface area contributed by atoms with E-state index in [4.69, 9.17) is 5.73 Å². The zero-order valence-corrected chi connectivity index (χ0v) is 12.2. The number of rotatable bonds is 4. The van der Waals surface area contributed by atoms with Gasteiger partial charge in [0.2, 0.25) is 0 Å². The minimum Gasteiger partial charge on any atom is -0.335 e. The molecule has 2 rings (SSSR count). The summed E-state index contributed by atoms with van der Waals surface area (Å²) in [5.74, 6) is 6.41. The quantitative estimate of drug-likeness (QED) is 0.853. The zero-order valence-electron chi connectivity index (χ0n) is 12.2. The van der Waals surface area contributed by atoms with Crippen molar-refractivity contribution in [3.05, 3.63) is 35.4 Å². The molecule has 1 aromatic rings. The van der Waals surface area contributed by atoms with Gasteiger partial charge in [-0.05, 0) is 37.0 Å². The highest BCUT2D eigenvalue weighted by molar-refractivity contribution is 5.95. The molecule has 1 fully saturated rings. The Morgan fingerprint density at radius 1 is 1.45 bits per heavy atom. The van der Waals surface area contributed by atoms with Crippen molar-refractivity contribution in [2.45, 2.75) is 32.7 Å². The maximum atomic E-state index is 12.6. The largest absolute Gasteiger partial charge is 0.335 e. The van der Waals surface area contributed by atoms with Crippen LogP contribution in [0, 0.1) is 17.8 Å². The van der Waals surface area contributed by atoms with E-state index in [1.807, 2.05) is 29.2 Å². The van der Waals surface area contributed by atoms with Crippen molar-refractivity contribution in [1.29, 1.82) is 0 Å². The van der Waals surface area contributed by atoms with Gasteiger partial charge < -0.3 is 10.6 Å². The van der Waals surface area contributed by atoms with Gasteiger partial charge in [0.25, 0.3) is 5.91 Å². The fourth-order valence-electron chi connectivity index (χ4n) is 2.23. The second-order valence-corrected chi connectivity index (χ2v) is 5.67. The molecule has 3 heteroatoms. The average molecular weight is 270 g/mol. The van der Waals surface area contributed by atoms with Gasteiger partial charge in [-0.15, -0.1) is 0 Å². The molecule has 1 amide bonds. The molecule has 1 aliphatic carbocycles. The van der Waals surface area contributed by atoms with Crippen LogP contribution in [0.25, 0.3) is 0 Å². The van der Waals surface area contributed by atoms with Crippen LogP contribution in [0.3, 0.4) is 0 Å². The number of amides is 1. The van der Waals surface area contributed by atoms with Crippen LogP contribution in [0.1, 0.15) is 42.6 Å². The first-order valence-electron chi connectivity index (χ1n) is 7.21. The molecule has 0 atom stereocenters. The SMILES string of the molecule is CC(C)CN(C(=O)c1cccc(C#CCN)c1)C1CC1. The molecule has 3 nitrogen and oxygen atoms in total. The lowest BCUT2D eigenvalue weighted by Crippen LogP contribution is -2.36. The summed E-state index contributed by atoms with van der Waals surface area (Å²) in [6.45, 7) is 5.44. The third-order valence-electron chi connectivity index (χ3n) is 3.25. The van der Waals surface area contributed by atoms with Crippen LogP contribution in [0.2, 0.25) is 0 Å². The van der Waals surface area contributed by atoms with Crippen molar-refractivity contribution in [2.24, 2.45) is 11.7 Å². The summed E-state index contributed by atoms with van der Waals surface area (Å²) in [5, 5.41) is 0.